The molecule has 0 unspecified atom stereocenters. The van der Waals surface area contributed by atoms with Gasteiger partial charge in [0.2, 0.25) is 0 Å². The quantitative estimate of drug-likeness (QED) is 0.342. The van der Waals surface area contributed by atoms with E-state index in [2.05, 4.69) is 10.5 Å². The number of para-hydroxylation sites is 1. The number of nitrogens with one attached hydrogen (secondary N) is 1. The topological polar surface area (TPSA) is 66.7 Å². The van der Waals surface area contributed by atoms with Crippen LogP contribution < -0.4 is 5.32 Å². The molecule has 1 aromatic heterocycles. The molecule has 4 aromatic rings. The maximum atomic E-state index is 10.4. The van der Waals surface area contributed by atoms with Gasteiger partial charge >= 0.3 is 0 Å². The highest BCUT2D eigenvalue weighted by Crippen LogP contribution is 2.34. The SMILES string of the molecule is CO/N=C(\C)c1cccc(Nc2cc(-c3ccccc3)nc3c(O)cccc23)c1. The Bertz CT molecular complexity index is 1190. The maximum absolute atomic E-state index is 10.4. The van der Waals surface area contributed by atoms with Crippen molar-refractivity contribution in [1.82, 2.24) is 4.98 Å². The van der Waals surface area contributed by atoms with Gasteiger partial charge in [-0.2, -0.15) is 0 Å². The van der Waals surface area contributed by atoms with Crippen LogP contribution in [0.5, 0.6) is 5.75 Å². The van der Waals surface area contributed by atoms with Gasteiger partial charge < -0.3 is 15.3 Å². The highest BCUT2D eigenvalue weighted by atomic mass is 16.6. The lowest BCUT2D eigenvalue weighted by Crippen LogP contribution is -1.99. The summed E-state index contributed by atoms with van der Waals surface area (Å²) in [6.07, 6.45) is 0. The summed E-state index contributed by atoms with van der Waals surface area (Å²) in [5.74, 6) is 0.153. The van der Waals surface area contributed by atoms with Crippen LogP contribution in [0, 0.1) is 0 Å². The summed E-state index contributed by atoms with van der Waals surface area (Å²) >= 11 is 0. The molecular formula is C24H21N3O2. The summed E-state index contributed by atoms with van der Waals surface area (Å²) in [6.45, 7) is 1.90. The Kier molecular flexibility index (Phi) is 5.12. The first-order valence-corrected chi connectivity index (χ1v) is 9.29. The molecule has 0 radical (unpaired) electrons. The molecule has 4 rings (SSSR count). The molecule has 0 spiro atoms. The number of benzene rings is 3. The van der Waals surface area contributed by atoms with Gasteiger partial charge in [-0.1, -0.05) is 59.8 Å². The minimum absolute atomic E-state index is 0.153. The fourth-order valence-corrected chi connectivity index (χ4v) is 3.26. The number of aromatic nitrogens is 1. The van der Waals surface area contributed by atoms with Crippen molar-refractivity contribution in [3.05, 3.63) is 84.4 Å². The fraction of sp³-hybridized carbons (Fsp3) is 0.0833. The number of phenols is 1. The smallest absolute Gasteiger partial charge is 0.141 e. The molecule has 0 aliphatic carbocycles. The highest BCUT2D eigenvalue weighted by Gasteiger charge is 2.11. The number of hydrogen-bond donors (Lipinski definition) is 2. The molecule has 0 aliphatic rings. The van der Waals surface area contributed by atoms with E-state index in [1.165, 1.54) is 7.11 Å². The van der Waals surface area contributed by atoms with Crippen molar-refractivity contribution in [2.24, 2.45) is 5.16 Å². The first-order valence-electron chi connectivity index (χ1n) is 9.29. The second-order valence-electron chi connectivity index (χ2n) is 6.66. The molecule has 0 fully saturated rings. The standard InChI is InChI=1S/C24H21N3O2/c1-16(27-29-2)18-10-6-11-19(14-18)25-22-15-21(17-8-4-3-5-9-17)26-24-20(22)12-7-13-23(24)28/h3-15,28H,1-2H3,(H,25,26)/b27-16+. The van der Waals surface area contributed by atoms with Crippen LogP contribution in [0.2, 0.25) is 0 Å². The normalized spacial score (nSPS) is 11.4. The second kappa shape index (κ2) is 8.02. The number of fused-ring (bicyclic) bond motifs is 1. The number of rotatable bonds is 5. The Labute approximate surface area is 169 Å². The lowest BCUT2D eigenvalue weighted by Gasteiger charge is -2.14. The summed E-state index contributed by atoms with van der Waals surface area (Å²) in [7, 11) is 1.53. The Morgan fingerprint density at radius 1 is 0.966 bits per heavy atom. The molecule has 0 saturated carbocycles. The molecule has 0 atom stereocenters. The Morgan fingerprint density at radius 3 is 2.55 bits per heavy atom. The molecule has 5 nitrogen and oxygen atoms in total. The Morgan fingerprint density at radius 2 is 1.76 bits per heavy atom. The van der Waals surface area contributed by atoms with E-state index in [0.29, 0.717) is 5.52 Å². The number of nitrogens with zero attached hydrogens (tertiary/aromatic N) is 2. The average Bonchev–Trinajstić information content (AvgIpc) is 2.75. The number of hydrogen-bond acceptors (Lipinski definition) is 5. The highest BCUT2D eigenvalue weighted by molar-refractivity contribution is 6.00. The van der Waals surface area contributed by atoms with Crippen LogP contribution in [0.3, 0.4) is 0 Å². The third-order valence-corrected chi connectivity index (χ3v) is 4.68. The monoisotopic (exact) mass is 383 g/mol. The molecule has 1 heterocycles. The predicted molar refractivity (Wildman–Crippen MR) is 118 cm³/mol. The summed E-state index contributed by atoms with van der Waals surface area (Å²) in [6, 6.07) is 25.3. The molecule has 0 amide bonds. The fourth-order valence-electron chi connectivity index (χ4n) is 3.26. The van der Waals surface area contributed by atoms with Gasteiger partial charge in [-0.05, 0) is 31.2 Å². The minimum Gasteiger partial charge on any atom is -0.506 e. The average molecular weight is 383 g/mol. The van der Waals surface area contributed by atoms with Crippen LogP contribution >= 0.6 is 0 Å². The van der Waals surface area contributed by atoms with E-state index < -0.39 is 0 Å². The van der Waals surface area contributed by atoms with E-state index in [4.69, 9.17) is 9.82 Å². The predicted octanol–water partition coefficient (Wildman–Crippen LogP) is 5.72. The summed E-state index contributed by atoms with van der Waals surface area (Å²) in [5, 5.41) is 18.7. The van der Waals surface area contributed by atoms with Crippen LogP contribution in [-0.4, -0.2) is 22.9 Å². The van der Waals surface area contributed by atoms with Crippen molar-refractivity contribution in [2.45, 2.75) is 6.92 Å². The van der Waals surface area contributed by atoms with E-state index in [0.717, 1.165) is 39.3 Å². The largest absolute Gasteiger partial charge is 0.506 e. The molecular weight excluding hydrogens is 362 g/mol. The maximum Gasteiger partial charge on any atom is 0.141 e. The Balaban J connectivity index is 1.82. The number of pyridine rings is 1. The van der Waals surface area contributed by atoms with Gasteiger partial charge in [0.25, 0.3) is 0 Å². The third-order valence-electron chi connectivity index (χ3n) is 4.68. The van der Waals surface area contributed by atoms with Gasteiger partial charge in [0.05, 0.1) is 17.1 Å². The summed E-state index contributed by atoms with van der Waals surface area (Å²) in [5.41, 5.74) is 5.85. The summed E-state index contributed by atoms with van der Waals surface area (Å²) in [4.78, 5) is 9.58. The Hall–Kier alpha value is -3.86. The zero-order chi connectivity index (χ0) is 20.2. The molecule has 0 aliphatic heterocycles. The van der Waals surface area contributed by atoms with E-state index in [1.54, 1.807) is 6.07 Å². The lowest BCUT2D eigenvalue weighted by atomic mass is 10.1. The van der Waals surface area contributed by atoms with E-state index in [9.17, 15) is 5.11 Å². The number of oxime groups is 1. The van der Waals surface area contributed by atoms with Crippen molar-refractivity contribution < 1.29 is 9.94 Å². The second-order valence-corrected chi connectivity index (χ2v) is 6.66. The van der Waals surface area contributed by atoms with Crippen molar-refractivity contribution >= 4 is 28.0 Å². The third kappa shape index (κ3) is 3.89. The van der Waals surface area contributed by atoms with Crippen LogP contribution in [-0.2, 0) is 4.84 Å². The van der Waals surface area contributed by atoms with Crippen molar-refractivity contribution in [3.8, 4) is 17.0 Å². The molecule has 0 bridgehead atoms. The number of anilines is 2. The van der Waals surface area contributed by atoms with Crippen LogP contribution in [0.25, 0.3) is 22.2 Å². The van der Waals surface area contributed by atoms with Crippen molar-refractivity contribution in [3.63, 3.8) is 0 Å². The van der Waals surface area contributed by atoms with Crippen LogP contribution in [0.15, 0.2) is 84.0 Å². The van der Waals surface area contributed by atoms with Gasteiger partial charge in [-0.25, -0.2) is 4.98 Å². The van der Waals surface area contributed by atoms with Crippen molar-refractivity contribution in [1.29, 1.82) is 0 Å². The first-order chi connectivity index (χ1) is 14.2. The van der Waals surface area contributed by atoms with Crippen molar-refractivity contribution in [2.75, 3.05) is 12.4 Å². The zero-order valence-corrected chi connectivity index (χ0v) is 16.3. The summed E-state index contributed by atoms with van der Waals surface area (Å²) < 4.78 is 0. The molecule has 2 N–H and O–H groups in total. The first kappa shape index (κ1) is 18.5. The van der Waals surface area contributed by atoms with E-state index in [-0.39, 0.29) is 5.75 Å². The van der Waals surface area contributed by atoms with E-state index in [1.807, 2.05) is 79.7 Å². The van der Waals surface area contributed by atoms with Gasteiger partial charge in [0.15, 0.2) is 0 Å². The van der Waals surface area contributed by atoms with Crippen LogP contribution in [0.1, 0.15) is 12.5 Å². The van der Waals surface area contributed by atoms with Gasteiger partial charge in [-0.15, -0.1) is 0 Å². The molecule has 29 heavy (non-hydrogen) atoms. The van der Waals surface area contributed by atoms with Crippen LogP contribution in [0.4, 0.5) is 11.4 Å². The molecule has 3 aromatic carbocycles. The molecule has 0 saturated heterocycles. The molecule has 5 heteroatoms. The van der Waals surface area contributed by atoms with Gasteiger partial charge in [0.1, 0.15) is 18.4 Å². The molecule has 144 valence electrons. The zero-order valence-electron chi connectivity index (χ0n) is 16.3. The minimum atomic E-state index is 0.153. The number of aromatic hydroxyl groups is 1. The number of phenolic OH excluding ortho intramolecular Hbond substituents is 1. The lowest BCUT2D eigenvalue weighted by molar-refractivity contribution is 0.213. The van der Waals surface area contributed by atoms with Gasteiger partial charge in [0, 0.05) is 22.2 Å². The van der Waals surface area contributed by atoms with Gasteiger partial charge in [-0.3, -0.25) is 0 Å². The van der Waals surface area contributed by atoms with E-state index >= 15 is 0 Å².